The summed E-state index contributed by atoms with van der Waals surface area (Å²) in [6, 6.07) is 6.79. The van der Waals surface area contributed by atoms with Gasteiger partial charge in [0.2, 0.25) is 3.79 Å². The van der Waals surface area contributed by atoms with Gasteiger partial charge >= 0.3 is 6.03 Å². The Bertz CT molecular complexity index is 480. The van der Waals surface area contributed by atoms with E-state index < -0.39 is 3.79 Å². The zero-order valence-corrected chi connectivity index (χ0v) is 12.7. The van der Waals surface area contributed by atoms with Gasteiger partial charge in [0.05, 0.1) is 17.8 Å². The van der Waals surface area contributed by atoms with Crippen molar-refractivity contribution in [3.63, 3.8) is 0 Å². The lowest BCUT2D eigenvalue weighted by atomic mass is 10.2. The zero-order valence-electron chi connectivity index (χ0n) is 9.60. The number of amides is 2. The van der Waals surface area contributed by atoms with Gasteiger partial charge in [0, 0.05) is 19.7 Å². The number of hydrogen-bond donors (Lipinski definition) is 0. The molecule has 0 bridgehead atoms. The van der Waals surface area contributed by atoms with E-state index in [4.69, 9.17) is 34.8 Å². The first-order valence-corrected chi connectivity index (χ1v) is 6.84. The Morgan fingerprint density at radius 2 is 1.78 bits per heavy atom. The van der Waals surface area contributed by atoms with Crippen molar-refractivity contribution in [3.05, 3.63) is 29.8 Å². The SMILES string of the molecule is CN1SN(C)N(c2ccccc2C(Cl)(Cl)Cl)C1=O. The summed E-state index contributed by atoms with van der Waals surface area (Å²) in [7, 11) is 3.45. The third kappa shape index (κ3) is 2.51. The molecule has 1 fully saturated rings. The zero-order chi connectivity index (χ0) is 13.5. The number of halogens is 3. The molecule has 1 heterocycles. The topological polar surface area (TPSA) is 26.8 Å². The number of urea groups is 1. The maximum atomic E-state index is 12.1. The van der Waals surface area contributed by atoms with E-state index in [-0.39, 0.29) is 6.03 Å². The van der Waals surface area contributed by atoms with E-state index in [1.165, 1.54) is 21.4 Å². The Labute approximate surface area is 125 Å². The van der Waals surface area contributed by atoms with Crippen molar-refractivity contribution in [1.29, 1.82) is 0 Å². The Balaban J connectivity index is 2.49. The number of hydrogen-bond acceptors (Lipinski definition) is 3. The highest BCUT2D eigenvalue weighted by Gasteiger charge is 2.38. The standard InChI is InChI=1S/C10H10Cl3N3OS/c1-14-9(17)16(15(2)18-14)8-6-4-3-5-7(8)10(11,12)13/h3-6H,1-2H3. The first-order chi connectivity index (χ1) is 8.32. The molecule has 2 amide bonds. The summed E-state index contributed by atoms with van der Waals surface area (Å²) in [5, 5.41) is 1.46. The van der Waals surface area contributed by atoms with Crippen molar-refractivity contribution in [1.82, 2.24) is 8.72 Å². The molecule has 8 heteroatoms. The van der Waals surface area contributed by atoms with Crippen molar-refractivity contribution in [2.24, 2.45) is 0 Å². The van der Waals surface area contributed by atoms with E-state index in [2.05, 4.69) is 0 Å². The van der Waals surface area contributed by atoms with Gasteiger partial charge in [0.15, 0.2) is 0 Å². The van der Waals surface area contributed by atoms with Crippen LogP contribution in [0.15, 0.2) is 24.3 Å². The van der Waals surface area contributed by atoms with Crippen LogP contribution in [0.3, 0.4) is 0 Å². The molecule has 1 aliphatic heterocycles. The van der Waals surface area contributed by atoms with Gasteiger partial charge in [-0.15, -0.1) is 4.41 Å². The van der Waals surface area contributed by atoms with Crippen molar-refractivity contribution >= 4 is 58.7 Å². The molecule has 1 aromatic rings. The van der Waals surface area contributed by atoms with E-state index in [9.17, 15) is 4.79 Å². The molecule has 0 atom stereocenters. The average molecular weight is 327 g/mol. The number of hydrazine groups is 1. The minimum Gasteiger partial charge on any atom is -0.255 e. The van der Waals surface area contributed by atoms with Gasteiger partial charge in [0.25, 0.3) is 0 Å². The van der Waals surface area contributed by atoms with Gasteiger partial charge in [-0.1, -0.05) is 53.0 Å². The Morgan fingerprint density at radius 3 is 2.28 bits per heavy atom. The highest BCUT2D eigenvalue weighted by atomic mass is 35.6. The Morgan fingerprint density at radius 1 is 1.17 bits per heavy atom. The fourth-order valence-corrected chi connectivity index (χ4v) is 2.87. The van der Waals surface area contributed by atoms with Crippen LogP contribution in [0.2, 0.25) is 0 Å². The van der Waals surface area contributed by atoms with Gasteiger partial charge in [0.1, 0.15) is 0 Å². The van der Waals surface area contributed by atoms with Crippen molar-refractivity contribution in [2.45, 2.75) is 3.79 Å². The number of para-hydroxylation sites is 1. The summed E-state index contributed by atoms with van der Waals surface area (Å²) >= 11 is 19.0. The number of alkyl halides is 3. The average Bonchev–Trinajstić information content (AvgIpc) is 2.52. The molecular formula is C10H10Cl3N3OS. The predicted molar refractivity (Wildman–Crippen MR) is 76.7 cm³/mol. The molecule has 0 N–H and O–H groups in total. The predicted octanol–water partition coefficient (Wildman–Crippen LogP) is 3.80. The number of benzene rings is 1. The number of carbonyl (C=O) groups is 1. The fraction of sp³-hybridized carbons (Fsp3) is 0.300. The van der Waals surface area contributed by atoms with E-state index >= 15 is 0 Å². The maximum Gasteiger partial charge on any atom is 0.350 e. The molecule has 0 radical (unpaired) electrons. The van der Waals surface area contributed by atoms with Crippen molar-refractivity contribution < 1.29 is 4.79 Å². The Kier molecular flexibility index (Phi) is 3.90. The molecule has 0 saturated carbocycles. The van der Waals surface area contributed by atoms with Crippen molar-refractivity contribution in [3.8, 4) is 0 Å². The fourth-order valence-electron chi connectivity index (χ4n) is 1.66. The summed E-state index contributed by atoms with van der Waals surface area (Å²) < 4.78 is 1.59. The monoisotopic (exact) mass is 325 g/mol. The first kappa shape index (κ1) is 14.1. The van der Waals surface area contributed by atoms with Crippen LogP contribution >= 0.6 is 46.9 Å². The second kappa shape index (κ2) is 4.98. The summed E-state index contributed by atoms with van der Waals surface area (Å²) in [6.07, 6.45) is 0. The highest BCUT2D eigenvalue weighted by molar-refractivity contribution is 7.95. The number of anilines is 1. The lowest BCUT2D eigenvalue weighted by molar-refractivity contribution is 0.235. The van der Waals surface area contributed by atoms with Crippen molar-refractivity contribution in [2.75, 3.05) is 19.1 Å². The normalized spacial score (nSPS) is 17.7. The van der Waals surface area contributed by atoms with E-state index in [1.807, 2.05) is 0 Å². The molecule has 2 rings (SSSR count). The molecule has 0 aromatic heterocycles. The third-order valence-corrected chi connectivity index (χ3v) is 3.82. The summed E-state index contributed by atoms with van der Waals surface area (Å²) in [6.45, 7) is 0. The second-order valence-electron chi connectivity index (χ2n) is 3.65. The minimum atomic E-state index is -1.58. The molecule has 1 saturated heterocycles. The number of nitrogens with zero attached hydrogens (tertiary/aromatic N) is 3. The van der Waals surface area contributed by atoms with Gasteiger partial charge in [-0.2, -0.15) is 0 Å². The van der Waals surface area contributed by atoms with Crippen LogP contribution in [0.5, 0.6) is 0 Å². The molecule has 0 spiro atoms. The number of carbonyl (C=O) groups excluding carboxylic acids is 1. The van der Waals surface area contributed by atoms with Crippen LogP contribution in [0.1, 0.15) is 5.56 Å². The van der Waals surface area contributed by atoms with Crippen LogP contribution in [-0.2, 0) is 3.79 Å². The van der Waals surface area contributed by atoms with E-state index in [0.717, 1.165) is 0 Å². The molecule has 1 aromatic carbocycles. The van der Waals surface area contributed by atoms with Gasteiger partial charge in [-0.3, -0.25) is 4.31 Å². The van der Waals surface area contributed by atoms with Crippen LogP contribution in [0.25, 0.3) is 0 Å². The molecule has 0 aliphatic carbocycles. The van der Waals surface area contributed by atoms with Gasteiger partial charge in [-0.05, 0) is 6.07 Å². The third-order valence-electron chi connectivity index (χ3n) is 2.41. The summed E-state index contributed by atoms with van der Waals surface area (Å²) in [4.78, 5) is 12.1. The van der Waals surface area contributed by atoms with Crippen LogP contribution in [-0.4, -0.2) is 28.8 Å². The molecule has 1 aliphatic rings. The smallest absolute Gasteiger partial charge is 0.255 e. The molecule has 98 valence electrons. The lowest BCUT2D eigenvalue weighted by Crippen LogP contribution is -2.36. The van der Waals surface area contributed by atoms with Crippen LogP contribution in [0, 0.1) is 0 Å². The van der Waals surface area contributed by atoms with Crippen LogP contribution < -0.4 is 5.01 Å². The molecule has 4 nitrogen and oxygen atoms in total. The lowest BCUT2D eigenvalue weighted by Gasteiger charge is -2.25. The van der Waals surface area contributed by atoms with E-state index in [0.29, 0.717) is 11.3 Å². The number of rotatable bonds is 1. The second-order valence-corrected chi connectivity index (χ2v) is 7.17. The Hall–Kier alpha value is -0.330. The first-order valence-electron chi connectivity index (χ1n) is 4.98. The quantitative estimate of drug-likeness (QED) is 0.580. The highest BCUT2D eigenvalue weighted by Crippen LogP contribution is 2.45. The van der Waals surface area contributed by atoms with E-state index in [1.54, 1.807) is 42.8 Å². The van der Waals surface area contributed by atoms with Gasteiger partial charge in [-0.25, -0.2) is 9.80 Å². The largest absolute Gasteiger partial charge is 0.350 e. The molecular weight excluding hydrogens is 317 g/mol. The summed E-state index contributed by atoms with van der Waals surface area (Å²) in [5.74, 6) is 0. The molecule has 18 heavy (non-hydrogen) atoms. The molecule has 0 unspecified atom stereocenters. The maximum absolute atomic E-state index is 12.1. The van der Waals surface area contributed by atoms with Gasteiger partial charge < -0.3 is 0 Å². The summed E-state index contributed by atoms with van der Waals surface area (Å²) in [5.41, 5.74) is 1.02. The minimum absolute atomic E-state index is 0.191. The van der Waals surface area contributed by atoms with Crippen LogP contribution in [0.4, 0.5) is 10.5 Å².